The van der Waals surface area contributed by atoms with Crippen molar-refractivity contribution in [2.45, 2.75) is 24.8 Å². The highest BCUT2D eigenvalue weighted by Gasteiger charge is 2.31. The highest BCUT2D eigenvalue weighted by molar-refractivity contribution is 6.32. The molecule has 10 heteroatoms. The van der Waals surface area contributed by atoms with E-state index < -0.39 is 23.1 Å². The molecule has 1 N–H and O–H groups in total. The van der Waals surface area contributed by atoms with Crippen molar-refractivity contribution in [3.8, 4) is 5.69 Å². The summed E-state index contributed by atoms with van der Waals surface area (Å²) < 4.78 is 1.37. The lowest BCUT2D eigenvalue weighted by Gasteiger charge is -2.22. The van der Waals surface area contributed by atoms with Crippen LogP contribution >= 0.6 is 34.8 Å². The molecule has 0 saturated carbocycles. The van der Waals surface area contributed by atoms with Crippen molar-refractivity contribution < 1.29 is 9.59 Å². The molecular weight excluding hydrogens is 487 g/mol. The molecule has 170 valence electrons. The van der Waals surface area contributed by atoms with Gasteiger partial charge in [-0.1, -0.05) is 41.4 Å². The third kappa shape index (κ3) is 4.49. The van der Waals surface area contributed by atoms with Crippen LogP contribution in [0.15, 0.2) is 53.3 Å². The zero-order chi connectivity index (χ0) is 23.7. The summed E-state index contributed by atoms with van der Waals surface area (Å²) >= 11 is 18.4. The number of para-hydroxylation sites is 1. The van der Waals surface area contributed by atoms with E-state index >= 15 is 0 Å². The Kier molecular flexibility index (Phi) is 6.74. The lowest BCUT2D eigenvalue weighted by Crippen LogP contribution is -2.48. The van der Waals surface area contributed by atoms with Crippen molar-refractivity contribution >= 4 is 52.3 Å². The first-order valence-corrected chi connectivity index (χ1v) is 11.4. The van der Waals surface area contributed by atoms with Crippen LogP contribution in [-0.2, 0) is 17.1 Å². The van der Waals surface area contributed by atoms with E-state index in [1.807, 2.05) is 6.07 Å². The van der Waals surface area contributed by atoms with Gasteiger partial charge in [-0.3, -0.25) is 14.4 Å². The lowest BCUT2D eigenvalue weighted by atomic mass is 10.1. The standard InChI is InChI=1S/C23H19Cl3N4O3/c1-29-17-10-8-14(25)11-13(17)7-9-16(23(29)33)27-22(32)20-21(31)19(26)18(12-24)30(28-20)15-5-3-2-4-6-15/h2-6,8,10-11,16H,7,9,12H2,1H3,(H,27,32). The number of aryl methyl sites for hydroxylation is 1. The summed E-state index contributed by atoms with van der Waals surface area (Å²) in [6, 6.07) is 13.3. The maximum atomic E-state index is 13.1. The third-order valence-corrected chi connectivity index (χ3v) is 6.38. The van der Waals surface area contributed by atoms with E-state index in [4.69, 9.17) is 34.8 Å². The number of carbonyl (C=O) groups is 2. The molecule has 1 aromatic heterocycles. The summed E-state index contributed by atoms with van der Waals surface area (Å²) in [7, 11) is 1.63. The molecule has 3 aromatic rings. The molecule has 0 bridgehead atoms. The maximum Gasteiger partial charge on any atom is 0.276 e. The van der Waals surface area contributed by atoms with Crippen molar-refractivity contribution in [1.82, 2.24) is 15.1 Å². The predicted molar refractivity (Wildman–Crippen MR) is 129 cm³/mol. The molecule has 4 rings (SSSR count). The van der Waals surface area contributed by atoms with Crippen molar-refractivity contribution in [2.75, 3.05) is 11.9 Å². The number of amides is 2. The van der Waals surface area contributed by atoms with Gasteiger partial charge in [-0.2, -0.15) is 5.10 Å². The normalized spacial score (nSPS) is 15.7. The number of nitrogens with one attached hydrogen (secondary N) is 1. The molecule has 0 radical (unpaired) electrons. The molecule has 2 amide bonds. The van der Waals surface area contributed by atoms with Gasteiger partial charge in [0.05, 0.1) is 17.3 Å². The van der Waals surface area contributed by atoms with Gasteiger partial charge in [0.15, 0.2) is 5.69 Å². The Bertz CT molecular complexity index is 1290. The van der Waals surface area contributed by atoms with Gasteiger partial charge in [0, 0.05) is 17.8 Å². The van der Waals surface area contributed by atoms with Crippen molar-refractivity contribution in [2.24, 2.45) is 0 Å². The monoisotopic (exact) mass is 504 g/mol. The van der Waals surface area contributed by atoms with E-state index in [1.165, 1.54) is 9.58 Å². The Morgan fingerprint density at radius 3 is 2.58 bits per heavy atom. The fourth-order valence-corrected chi connectivity index (χ4v) is 4.54. The summed E-state index contributed by atoms with van der Waals surface area (Å²) in [6.07, 6.45) is 0.854. The Morgan fingerprint density at radius 1 is 1.15 bits per heavy atom. The van der Waals surface area contributed by atoms with E-state index in [0.29, 0.717) is 23.6 Å². The number of aromatic nitrogens is 2. The molecule has 0 fully saturated rings. The zero-order valence-electron chi connectivity index (χ0n) is 17.5. The number of carbonyl (C=O) groups excluding carboxylic acids is 2. The molecule has 1 unspecified atom stereocenters. The number of halogens is 3. The molecule has 33 heavy (non-hydrogen) atoms. The summed E-state index contributed by atoms with van der Waals surface area (Å²) in [5.41, 5.74) is 1.30. The van der Waals surface area contributed by atoms with Crippen LogP contribution in [0.4, 0.5) is 5.69 Å². The quantitative estimate of drug-likeness (QED) is 0.544. The second-order valence-corrected chi connectivity index (χ2v) is 8.64. The molecule has 2 heterocycles. The Balaban J connectivity index is 1.67. The molecule has 0 aliphatic carbocycles. The number of rotatable bonds is 4. The van der Waals surface area contributed by atoms with Crippen molar-refractivity contribution in [3.63, 3.8) is 0 Å². The van der Waals surface area contributed by atoms with Gasteiger partial charge in [0.2, 0.25) is 11.3 Å². The molecule has 1 aliphatic rings. The van der Waals surface area contributed by atoms with Crippen LogP contribution in [0, 0.1) is 0 Å². The Morgan fingerprint density at radius 2 is 1.88 bits per heavy atom. The van der Waals surface area contributed by atoms with Gasteiger partial charge in [-0.25, -0.2) is 4.68 Å². The van der Waals surface area contributed by atoms with Crippen LogP contribution in [0.1, 0.15) is 28.2 Å². The van der Waals surface area contributed by atoms with E-state index in [1.54, 1.807) is 49.5 Å². The Hall–Kier alpha value is -2.87. The van der Waals surface area contributed by atoms with Crippen LogP contribution in [-0.4, -0.2) is 34.7 Å². The van der Waals surface area contributed by atoms with Gasteiger partial charge in [0.25, 0.3) is 5.91 Å². The predicted octanol–water partition coefficient (Wildman–Crippen LogP) is 3.99. The highest BCUT2D eigenvalue weighted by Crippen LogP contribution is 2.29. The zero-order valence-corrected chi connectivity index (χ0v) is 19.8. The molecule has 0 saturated heterocycles. The lowest BCUT2D eigenvalue weighted by molar-refractivity contribution is -0.120. The molecule has 0 spiro atoms. The van der Waals surface area contributed by atoms with Crippen molar-refractivity contribution in [1.29, 1.82) is 0 Å². The first kappa shape index (κ1) is 23.3. The molecule has 7 nitrogen and oxygen atoms in total. The number of fused-ring (bicyclic) bond motifs is 1. The summed E-state index contributed by atoms with van der Waals surface area (Å²) in [5.74, 6) is -1.18. The number of hydrogen-bond acceptors (Lipinski definition) is 4. The van der Waals surface area contributed by atoms with E-state index in [-0.39, 0.29) is 22.5 Å². The third-order valence-electron chi connectivity index (χ3n) is 5.51. The number of nitrogens with zero attached hydrogens (tertiary/aromatic N) is 3. The van der Waals surface area contributed by atoms with Gasteiger partial charge in [-0.05, 0) is 48.7 Å². The molecule has 1 aliphatic heterocycles. The Labute approximate surface area is 204 Å². The summed E-state index contributed by atoms with van der Waals surface area (Å²) in [6.45, 7) is 0. The van der Waals surface area contributed by atoms with E-state index in [0.717, 1.165) is 11.3 Å². The number of hydrogen-bond donors (Lipinski definition) is 1. The number of alkyl halides is 1. The minimum absolute atomic E-state index is 0.0788. The van der Waals surface area contributed by atoms with Crippen LogP contribution in [0.2, 0.25) is 10.0 Å². The van der Waals surface area contributed by atoms with Crippen LogP contribution in [0.25, 0.3) is 5.69 Å². The SMILES string of the molecule is CN1C(=O)C(NC(=O)c2nn(-c3ccccc3)c(CCl)c(Cl)c2=O)CCc2cc(Cl)ccc21. The number of likely N-dealkylation sites (N-methyl/N-ethyl adjacent to an activating group) is 1. The second-order valence-electron chi connectivity index (χ2n) is 7.55. The van der Waals surface area contributed by atoms with E-state index in [9.17, 15) is 14.4 Å². The summed E-state index contributed by atoms with van der Waals surface area (Å²) in [4.78, 5) is 40.4. The van der Waals surface area contributed by atoms with Crippen molar-refractivity contribution in [3.05, 3.63) is 85.8 Å². The fraction of sp³-hybridized carbons (Fsp3) is 0.217. The largest absolute Gasteiger partial charge is 0.339 e. The molecular formula is C23H19Cl3N4O3. The van der Waals surface area contributed by atoms with Crippen LogP contribution < -0.4 is 15.6 Å². The van der Waals surface area contributed by atoms with Crippen LogP contribution in [0.3, 0.4) is 0 Å². The fourth-order valence-electron chi connectivity index (χ4n) is 3.80. The maximum absolute atomic E-state index is 13.1. The van der Waals surface area contributed by atoms with Gasteiger partial charge in [0.1, 0.15) is 11.1 Å². The molecule has 1 atom stereocenters. The highest BCUT2D eigenvalue weighted by atomic mass is 35.5. The minimum Gasteiger partial charge on any atom is -0.339 e. The van der Waals surface area contributed by atoms with Gasteiger partial charge >= 0.3 is 0 Å². The average molecular weight is 506 g/mol. The number of anilines is 1. The second kappa shape index (κ2) is 9.55. The summed E-state index contributed by atoms with van der Waals surface area (Å²) in [5, 5.41) is 7.27. The topological polar surface area (TPSA) is 84.3 Å². The average Bonchev–Trinajstić information content (AvgIpc) is 2.93. The minimum atomic E-state index is -0.855. The first-order chi connectivity index (χ1) is 15.8. The smallest absolute Gasteiger partial charge is 0.276 e. The van der Waals surface area contributed by atoms with Gasteiger partial charge < -0.3 is 10.2 Å². The molecule has 2 aromatic carbocycles. The number of benzene rings is 2. The van der Waals surface area contributed by atoms with E-state index in [2.05, 4.69) is 10.4 Å². The van der Waals surface area contributed by atoms with Gasteiger partial charge in [-0.15, -0.1) is 11.6 Å². The van der Waals surface area contributed by atoms with Crippen LogP contribution in [0.5, 0.6) is 0 Å². The first-order valence-electron chi connectivity index (χ1n) is 10.1.